The molecular weight excluding hydrogens is 294 g/mol. The van der Waals surface area contributed by atoms with Gasteiger partial charge in [-0.25, -0.2) is 4.79 Å². The molecule has 0 aromatic heterocycles. The van der Waals surface area contributed by atoms with Gasteiger partial charge in [-0.15, -0.1) is 0 Å². The van der Waals surface area contributed by atoms with Crippen LogP contribution in [0.1, 0.15) is 32.3 Å². The van der Waals surface area contributed by atoms with Gasteiger partial charge >= 0.3 is 5.97 Å². The minimum Gasteiger partial charge on any atom is -0.463 e. The average Bonchev–Trinajstić information content (AvgIpc) is 3.25. The van der Waals surface area contributed by atoms with Crippen molar-refractivity contribution in [3.05, 3.63) is 44.5 Å². The van der Waals surface area contributed by atoms with Crippen LogP contribution >= 0.6 is 11.6 Å². The summed E-state index contributed by atoms with van der Waals surface area (Å²) in [4.78, 5) is 22.4. The highest BCUT2D eigenvalue weighted by atomic mass is 35.5. The molecule has 2 rings (SSSR count). The van der Waals surface area contributed by atoms with E-state index in [0.717, 1.165) is 18.4 Å². The lowest BCUT2D eigenvalue weighted by Gasteiger charge is -2.11. The normalized spacial score (nSPS) is 15.4. The number of nitro groups is 1. The van der Waals surface area contributed by atoms with E-state index in [4.69, 9.17) is 16.3 Å². The Kier molecular flexibility index (Phi) is 4.63. The molecule has 0 radical (unpaired) electrons. The number of halogens is 1. The number of nitro benzene ring substituents is 1. The number of rotatable bonds is 5. The molecule has 1 aliphatic carbocycles. The van der Waals surface area contributed by atoms with Gasteiger partial charge in [0.25, 0.3) is 5.69 Å². The maximum Gasteiger partial charge on any atom is 0.334 e. The number of nitrogens with zero attached hydrogens (tertiary/aromatic N) is 1. The second kappa shape index (κ2) is 6.26. The molecule has 112 valence electrons. The first-order valence-electron chi connectivity index (χ1n) is 6.77. The number of carbonyl (C=O) groups excluding carboxylic acids is 1. The first-order chi connectivity index (χ1) is 9.95. The first kappa shape index (κ1) is 15.5. The molecule has 21 heavy (non-hydrogen) atoms. The van der Waals surface area contributed by atoms with E-state index < -0.39 is 4.92 Å². The summed E-state index contributed by atoms with van der Waals surface area (Å²) in [5.74, 6) is -0.118. The van der Waals surface area contributed by atoms with Gasteiger partial charge in [0.2, 0.25) is 0 Å². The predicted octanol–water partition coefficient (Wildman–Crippen LogP) is 3.99. The number of benzene rings is 1. The lowest BCUT2D eigenvalue weighted by molar-refractivity contribution is -0.384. The number of allylic oxidation sites excluding steroid dienone is 1. The smallest absolute Gasteiger partial charge is 0.334 e. The van der Waals surface area contributed by atoms with Gasteiger partial charge in [-0.1, -0.05) is 17.7 Å². The number of ether oxygens (including phenoxy) is 1. The average molecular weight is 310 g/mol. The summed E-state index contributed by atoms with van der Waals surface area (Å²) in [6.07, 6.45) is 1.95. The maximum atomic E-state index is 11.9. The Hall–Kier alpha value is -1.88. The van der Waals surface area contributed by atoms with Crippen molar-refractivity contribution in [3.8, 4) is 0 Å². The highest BCUT2D eigenvalue weighted by Crippen LogP contribution is 2.45. The van der Waals surface area contributed by atoms with Gasteiger partial charge in [0.05, 0.1) is 11.5 Å². The van der Waals surface area contributed by atoms with Crippen LogP contribution in [0.5, 0.6) is 0 Å². The maximum absolute atomic E-state index is 11.9. The van der Waals surface area contributed by atoms with Crippen LogP contribution in [-0.4, -0.2) is 17.5 Å². The van der Waals surface area contributed by atoms with Gasteiger partial charge in [0.1, 0.15) is 5.02 Å². The molecule has 1 aromatic carbocycles. The van der Waals surface area contributed by atoms with Crippen LogP contribution in [0.3, 0.4) is 0 Å². The standard InChI is InChI=1S/C15H16ClNO4/c1-3-21-15(18)9(2)14(10-4-5-10)11-6-7-12(16)13(8-11)17(19)20/h6-8,10H,3-5H2,1-2H3. The van der Waals surface area contributed by atoms with E-state index in [9.17, 15) is 14.9 Å². The van der Waals surface area contributed by atoms with Crippen molar-refractivity contribution in [2.24, 2.45) is 5.92 Å². The van der Waals surface area contributed by atoms with E-state index in [1.165, 1.54) is 12.1 Å². The SMILES string of the molecule is CCOC(=O)C(C)=C(c1ccc(Cl)c([N+](=O)[O-])c1)C1CC1. The Morgan fingerprint density at radius 2 is 2.14 bits per heavy atom. The highest BCUT2D eigenvalue weighted by Gasteiger charge is 2.31. The molecule has 1 fully saturated rings. The highest BCUT2D eigenvalue weighted by molar-refractivity contribution is 6.32. The van der Waals surface area contributed by atoms with E-state index in [2.05, 4.69) is 0 Å². The van der Waals surface area contributed by atoms with Crippen LogP contribution in [-0.2, 0) is 9.53 Å². The van der Waals surface area contributed by atoms with E-state index >= 15 is 0 Å². The van der Waals surface area contributed by atoms with Crippen LogP contribution in [0.2, 0.25) is 5.02 Å². The van der Waals surface area contributed by atoms with Gasteiger partial charge in [-0.3, -0.25) is 10.1 Å². The van der Waals surface area contributed by atoms with Crippen molar-refractivity contribution in [3.63, 3.8) is 0 Å². The summed E-state index contributed by atoms with van der Waals surface area (Å²) < 4.78 is 5.03. The molecule has 0 spiro atoms. The molecular formula is C15H16ClNO4. The molecule has 1 saturated carbocycles. The Labute approximate surface area is 127 Å². The molecule has 0 amide bonds. The molecule has 0 aliphatic heterocycles. The van der Waals surface area contributed by atoms with Gasteiger partial charge in [0.15, 0.2) is 0 Å². The van der Waals surface area contributed by atoms with Crippen molar-refractivity contribution in [1.82, 2.24) is 0 Å². The van der Waals surface area contributed by atoms with Gasteiger partial charge < -0.3 is 4.74 Å². The summed E-state index contributed by atoms with van der Waals surface area (Å²) in [5.41, 5.74) is 1.85. The Morgan fingerprint density at radius 3 is 2.67 bits per heavy atom. The molecule has 0 unspecified atom stereocenters. The fraction of sp³-hybridized carbons (Fsp3) is 0.400. The van der Waals surface area contributed by atoms with Gasteiger partial charge in [-0.2, -0.15) is 0 Å². The molecule has 0 N–H and O–H groups in total. The summed E-state index contributed by atoms with van der Waals surface area (Å²) in [6.45, 7) is 3.75. The third kappa shape index (κ3) is 3.42. The Bertz CT molecular complexity index is 620. The third-order valence-electron chi connectivity index (χ3n) is 3.43. The minimum atomic E-state index is -0.518. The molecule has 0 atom stereocenters. The zero-order valence-electron chi connectivity index (χ0n) is 11.9. The van der Waals surface area contributed by atoms with Crippen LogP contribution in [0.4, 0.5) is 5.69 Å². The molecule has 0 bridgehead atoms. The third-order valence-corrected chi connectivity index (χ3v) is 3.74. The predicted molar refractivity (Wildman–Crippen MR) is 80.1 cm³/mol. The van der Waals surface area contributed by atoms with Crippen LogP contribution in [0.15, 0.2) is 23.8 Å². The number of hydrogen-bond acceptors (Lipinski definition) is 4. The lowest BCUT2D eigenvalue weighted by atomic mass is 9.96. The van der Waals surface area contributed by atoms with Crippen molar-refractivity contribution in [2.75, 3.05) is 6.61 Å². The number of hydrogen-bond donors (Lipinski definition) is 0. The largest absolute Gasteiger partial charge is 0.463 e. The van der Waals surface area contributed by atoms with Gasteiger partial charge in [-0.05, 0) is 49.8 Å². The Balaban J connectivity index is 2.49. The summed E-state index contributed by atoms with van der Waals surface area (Å²) >= 11 is 5.83. The van der Waals surface area contributed by atoms with E-state index in [1.807, 2.05) is 0 Å². The molecule has 6 heteroatoms. The number of esters is 1. The number of carbonyl (C=O) groups is 1. The topological polar surface area (TPSA) is 69.4 Å². The van der Waals surface area contributed by atoms with Crippen molar-refractivity contribution >= 4 is 28.8 Å². The minimum absolute atomic E-state index is 0.0904. The zero-order chi connectivity index (χ0) is 15.6. The fourth-order valence-corrected chi connectivity index (χ4v) is 2.49. The second-order valence-electron chi connectivity index (χ2n) is 4.96. The van der Waals surface area contributed by atoms with Crippen molar-refractivity contribution in [1.29, 1.82) is 0 Å². The van der Waals surface area contributed by atoms with Crippen molar-refractivity contribution in [2.45, 2.75) is 26.7 Å². The van der Waals surface area contributed by atoms with E-state index in [0.29, 0.717) is 17.7 Å². The summed E-state index contributed by atoms with van der Waals surface area (Å²) in [7, 11) is 0. The zero-order valence-corrected chi connectivity index (χ0v) is 12.6. The van der Waals surface area contributed by atoms with E-state index in [-0.39, 0.29) is 22.6 Å². The lowest BCUT2D eigenvalue weighted by Crippen LogP contribution is -2.08. The molecule has 5 nitrogen and oxygen atoms in total. The van der Waals surface area contributed by atoms with Crippen molar-refractivity contribution < 1.29 is 14.5 Å². The second-order valence-corrected chi connectivity index (χ2v) is 5.36. The first-order valence-corrected chi connectivity index (χ1v) is 7.15. The van der Waals surface area contributed by atoms with Crippen LogP contribution < -0.4 is 0 Å². The molecule has 1 aliphatic rings. The van der Waals surface area contributed by atoms with Gasteiger partial charge in [0, 0.05) is 11.6 Å². The van der Waals surface area contributed by atoms with E-state index in [1.54, 1.807) is 19.9 Å². The fourth-order valence-electron chi connectivity index (χ4n) is 2.30. The Morgan fingerprint density at radius 1 is 1.48 bits per heavy atom. The quantitative estimate of drug-likeness (QED) is 0.357. The summed E-state index contributed by atoms with van der Waals surface area (Å²) in [5, 5.41) is 11.1. The summed E-state index contributed by atoms with van der Waals surface area (Å²) in [6, 6.07) is 4.64. The van der Waals surface area contributed by atoms with Crippen LogP contribution in [0.25, 0.3) is 5.57 Å². The molecule has 1 aromatic rings. The van der Waals surface area contributed by atoms with Crippen LogP contribution in [0, 0.1) is 16.0 Å². The monoisotopic (exact) mass is 309 g/mol. The molecule has 0 heterocycles. The molecule has 0 saturated heterocycles.